The van der Waals surface area contributed by atoms with Crippen LogP contribution in [0.5, 0.6) is 0 Å². The van der Waals surface area contributed by atoms with Crippen LogP contribution in [-0.2, 0) is 24.7 Å². The quantitative estimate of drug-likeness (QED) is 0.440. The van der Waals surface area contributed by atoms with Crippen LogP contribution in [0.15, 0.2) is 20.5 Å². The molecule has 0 aromatic heterocycles. The number of allylic oxidation sites excluding steroid dienone is 4. The molecule has 0 fully saturated rings. The molecule has 0 aromatic carbocycles. The number of hydrogen-bond acceptors (Lipinski definition) is 0. The SMILES string of the molecule is CCCCC1=C(CCCC)[C]([Zr+3])=CC1.[Cl-].[Cl-].[Cl-]. The average Bonchev–Trinajstić information content (AvgIpc) is 2.53. The maximum Gasteiger partial charge on any atom is -1.00 e. The maximum atomic E-state index is 2.45. The van der Waals surface area contributed by atoms with Crippen LogP contribution in [-0.4, -0.2) is 0 Å². The summed E-state index contributed by atoms with van der Waals surface area (Å²) < 4.78 is 1.65. The molecular formula is C13H21Cl3Zr. The first-order valence-corrected chi connectivity index (χ1v) is 7.15. The van der Waals surface area contributed by atoms with E-state index in [0.717, 1.165) is 0 Å². The van der Waals surface area contributed by atoms with Crippen molar-refractivity contribution in [2.75, 3.05) is 0 Å². The van der Waals surface area contributed by atoms with Gasteiger partial charge >= 0.3 is 104 Å². The van der Waals surface area contributed by atoms with E-state index in [4.69, 9.17) is 0 Å². The number of unbranched alkanes of at least 4 members (excludes halogenated alkanes) is 2. The largest absolute Gasteiger partial charge is 1.00 e. The second-order valence-electron chi connectivity index (χ2n) is 4.11. The smallest absolute Gasteiger partial charge is 1.00 e. The van der Waals surface area contributed by atoms with Crippen molar-refractivity contribution in [3.8, 4) is 0 Å². The second-order valence-corrected chi connectivity index (χ2v) is 5.44. The second kappa shape index (κ2) is 13.7. The van der Waals surface area contributed by atoms with Crippen LogP contribution in [0.3, 0.4) is 0 Å². The summed E-state index contributed by atoms with van der Waals surface area (Å²) in [6, 6.07) is 0. The molecule has 0 nitrogen and oxygen atoms in total. The molecule has 1 rings (SSSR count). The molecule has 0 amide bonds. The summed E-state index contributed by atoms with van der Waals surface area (Å²) in [6.07, 6.45) is 11.8. The fraction of sp³-hybridized carbons (Fsp3) is 0.692. The van der Waals surface area contributed by atoms with Gasteiger partial charge in [0.1, 0.15) is 0 Å². The van der Waals surface area contributed by atoms with Crippen molar-refractivity contribution < 1.29 is 61.9 Å². The van der Waals surface area contributed by atoms with Gasteiger partial charge in [0, 0.05) is 0 Å². The first-order valence-electron chi connectivity index (χ1n) is 5.92. The molecule has 0 spiro atoms. The van der Waals surface area contributed by atoms with Gasteiger partial charge in [0.15, 0.2) is 0 Å². The number of halogens is 3. The van der Waals surface area contributed by atoms with Gasteiger partial charge in [0.05, 0.1) is 0 Å². The Bertz CT molecular complexity index is 247. The van der Waals surface area contributed by atoms with Gasteiger partial charge in [-0.15, -0.1) is 0 Å². The zero-order valence-electron chi connectivity index (χ0n) is 10.7. The topological polar surface area (TPSA) is 0 Å². The Kier molecular flexibility index (Phi) is 18.8. The van der Waals surface area contributed by atoms with Crippen LogP contribution in [0.4, 0.5) is 0 Å². The van der Waals surface area contributed by atoms with Crippen molar-refractivity contribution in [3.05, 3.63) is 20.5 Å². The fourth-order valence-corrected chi connectivity index (χ4v) is 2.96. The molecular weight excluding hydrogens is 354 g/mol. The molecule has 0 aliphatic heterocycles. The van der Waals surface area contributed by atoms with Gasteiger partial charge in [-0.3, -0.25) is 0 Å². The van der Waals surface area contributed by atoms with Crippen LogP contribution in [0.25, 0.3) is 0 Å². The Morgan fingerprint density at radius 2 is 1.53 bits per heavy atom. The third kappa shape index (κ3) is 8.09. The fourth-order valence-electron chi connectivity index (χ4n) is 1.97. The van der Waals surface area contributed by atoms with Crippen molar-refractivity contribution in [1.82, 2.24) is 0 Å². The van der Waals surface area contributed by atoms with Crippen molar-refractivity contribution >= 4 is 0 Å². The molecule has 17 heavy (non-hydrogen) atoms. The van der Waals surface area contributed by atoms with E-state index in [-0.39, 0.29) is 37.2 Å². The molecule has 0 saturated carbocycles. The average molecular weight is 375 g/mol. The first-order chi connectivity index (χ1) is 6.79. The minimum atomic E-state index is 0. The summed E-state index contributed by atoms with van der Waals surface area (Å²) >= 11 is 1.62. The minimum Gasteiger partial charge on any atom is -1.00 e. The van der Waals surface area contributed by atoms with Gasteiger partial charge < -0.3 is 37.2 Å². The Labute approximate surface area is 140 Å². The van der Waals surface area contributed by atoms with E-state index < -0.39 is 0 Å². The predicted octanol–water partition coefficient (Wildman–Crippen LogP) is -4.49. The maximum absolute atomic E-state index is 2.45. The molecule has 0 N–H and O–H groups in total. The van der Waals surface area contributed by atoms with Gasteiger partial charge in [-0.2, -0.15) is 0 Å². The third-order valence-electron chi connectivity index (χ3n) is 2.92. The van der Waals surface area contributed by atoms with E-state index in [1.165, 1.54) is 44.9 Å². The number of rotatable bonds is 6. The Hall–Kier alpha value is 1.23. The Balaban J connectivity index is -0.000000653. The van der Waals surface area contributed by atoms with Crippen LogP contribution >= 0.6 is 0 Å². The zero-order valence-corrected chi connectivity index (χ0v) is 15.4. The van der Waals surface area contributed by atoms with Gasteiger partial charge in [0.25, 0.3) is 0 Å². The summed E-state index contributed by atoms with van der Waals surface area (Å²) in [5.74, 6) is 0. The Morgan fingerprint density at radius 1 is 1.00 bits per heavy atom. The van der Waals surface area contributed by atoms with E-state index >= 15 is 0 Å². The summed E-state index contributed by atoms with van der Waals surface area (Å²) in [7, 11) is 0. The van der Waals surface area contributed by atoms with Gasteiger partial charge in [-0.25, -0.2) is 0 Å². The van der Waals surface area contributed by atoms with Crippen molar-refractivity contribution in [2.24, 2.45) is 0 Å². The van der Waals surface area contributed by atoms with Gasteiger partial charge in [-0.1, -0.05) is 0 Å². The molecule has 4 heteroatoms. The molecule has 0 aromatic rings. The van der Waals surface area contributed by atoms with Crippen LogP contribution in [0.1, 0.15) is 58.8 Å². The zero-order chi connectivity index (χ0) is 10.4. The van der Waals surface area contributed by atoms with E-state index in [9.17, 15) is 0 Å². The van der Waals surface area contributed by atoms with E-state index in [0.29, 0.717) is 0 Å². The van der Waals surface area contributed by atoms with Crippen molar-refractivity contribution in [1.29, 1.82) is 0 Å². The summed E-state index contributed by atoms with van der Waals surface area (Å²) in [5.41, 5.74) is 3.49. The number of hydrogen-bond donors (Lipinski definition) is 0. The predicted molar refractivity (Wildman–Crippen MR) is 58.8 cm³/mol. The molecule has 0 unspecified atom stereocenters. The summed E-state index contributed by atoms with van der Waals surface area (Å²) in [5, 5.41) is 0. The van der Waals surface area contributed by atoms with Crippen LogP contribution < -0.4 is 37.2 Å². The Morgan fingerprint density at radius 3 is 2.06 bits per heavy atom. The van der Waals surface area contributed by atoms with E-state index in [1.54, 1.807) is 39.1 Å². The molecule has 98 valence electrons. The molecule has 0 heterocycles. The molecule has 0 bridgehead atoms. The summed E-state index contributed by atoms with van der Waals surface area (Å²) in [4.78, 5) is 0. The first kappa shape index (κ1) is 23.3. The van der Waals surface area contributed by atoms with Crippen molar-refractivity contribution in [2.45, 2.75) is 58.8 Å². The monoisotopic (exact) mass is 372 g/mol. The van der Waals surface area contributed by atoms with E-state index in [1.807, 2.05) is 0 Å². The molecule has 0 radical (unpaired) electrons. The van der Waals surface area contributed by atoms with Gasteiger partial charge in [-0.05, 0) is 0 Å². The minimum absolute atomic E-state index is 0. The molecule has 1 aliphatic carbocycles. The molecule has 0 atom stereocenters. The molecule has 0 saturated heterocycles. The van der Waals surface area contributed by atoms with Crippen LogP contribution in [0.2, 0.25) is 0 Å². The van der Waals surface area contributed by atoms with Gasteiger partial charge in [0.2, 0.25) is 0 Å². The van der Waals surface area contributed by atoms with Crippen molar-refractivity contribution in [3.63, 3.8) is 0 Å². The standard InChI is InChI=1S/C13H21.3ClH.Zr/c1-3-5-8-12-10-7-11-13(12)9-6-4-2;;;;/h7H,3-6,8-10H2,1-2H3;3*1H;/q;;;;+3/p-3. The van der Waals surface area contributed by atoms with E-state index in [2.05, 4.69) is 19.9 Å². The van der Waals surface area contributed by atoms with Crippen LogP contribution in [0, 0.1) is 0 Å². The normalized spacial score (nSPS) is 13.5. The third-order valence-corrected chi connectivity index (χ3v) is 4.16. The molecule has 1 aliphatic rings. The summed E-state index contributed by atoms with van der Waals surface area (Å²) in [6.45, 7) is 4.57.